The Bertz CT molecular complexity index is 945. The van der Waals surface area contributed by atoms with Crippen molar-refractivity contribution in [1.29, 1.82) is 0 Å². The smallest absolute Gasteiger partial charge is 0.207 e. The van der Waals surface area contributed by atoms with Crippen molar-refractivity contribution in [2.24, 2.45) is 0 Å². The monoisotopic (exact) mass is 378 g/mol. The molecule has 3 aromatic carbocycles. The Kier molecular flexibility index (Phi) is 5.28. The van der Waals surface area contributed by atoms with Crippen LogP contribution in [-0.4, -0.2) is 6.26 Å². The Balaban J connectivity index is 2.10. The topological polar surface area (TPSA) is 0 Å². The van der Waals surface area contributed by atoms with E-state index in [9.17, 15) is 17.6 Å². The zero-order valence-electron chi connectivity index (χ0n) is 14.5. The van der Waals surface area contributed by atoms with Crippen LogP contribution in [0.2, 0.25) is 0 Å². The number of fused-ring (bicyclic) bond motifs is 1. The summed E-state index contributed by atoms with van der Waals surface area (Å²) in [6.07, 6.45) is -1.63. The van der Waals surface area contributed by atoms with Gasteiger partial charge in [-0.25, -0.2) is 4.39 Å². The van der Waals surface area contributed by atoms with Gasteiger partial charge in [-0.15, -0.1) is 11.8 Å². The highest BCUT2D eigenvalue weighted by Gasteiger charge is 2.33. The average Bonchev–Trinajstić information content (AvgIpc) is 2.61. The zero-order chi connectivity index (χ0) is 18.9. The first-order chi connectivity index (χ1) is 12.3. The van der Waals surface area contributed by atoms with Crippen molar-refractivity contribution in [3.8, 4) is 0 Å². The molecule has 0 unspecified atom stereocenters. The van der Waals surface area contributed by atoms with Crippen molar-refractivity contribution in [3.05, 3.63) is 76.6 Å². The summed E-state index contributed by atoms with van der Waals surface area (Å²) in [7, 11) is 0. The Hall–Kier alpha value is -2.01. The number of rotatable bonds is 4. The highest BCUT2D eigenvalue weighted by Crippen LogP contribution is 2.37. The number of hydrogen-bond donors (Lipinski definition) is 0. The quantitative estimate of drug-likeness (QED) is 0.352. The van der Waals surface area contributed by atoms with E-state index < -0.39 is 11.7 Å². The Labute approximate surface area is 154 Å². The number of benzene rings is 3. The molecule has 136 valence electrons. The van der Waals surface area contributed by atoms with Crippen LogP contribution in [-0.2, 0) is 19.0 Å². The minimum atomic E-state index is -4.40. The first kappa shape index (κ1) is 18.8. The van der Waals surface area contributed by atoms with Crippen molar-refractivity contribution in [2.75, 3.05) is 6.26 Å². The van der Waals surface area contributed by atoms with E-state index in [4.69, 9.17) is 0 Å². The van der Waals surface area contributed by atoms with Crippen LogP contribution in [0.5, 0.6) is 0 Å². The summed E-state index contributed by atoms with van der Waals surface area (Å²) in [4.78, 5) is 0.208. The standard InChI is InChI=1S/C21H18F4S/c1-3-13-8-15-5-6-17(22)12-18(15)16(9-13)10-14-4-7-20(26-2)19(11-14)21(23,24)25/h4-9,11-12H,3,10H2,1-2H3. The zero-order valence-corrected chi connectivity index (χ0v) is 15.3. The van der Waals surface area contributed by atoms with Gasteiger partial charge < -0.3 is 0 Å². The number of halogens is 4. The van der Waals surface area contributed by atoms with Crippen LogP contribution < -0.4 is 0 Å². The second-order valence-corrected chi connectivity index (χ2v) is 7.03. The molecule has 0 N–H and O–H groups in total. The predicted molar refractivity (Wildman–Crippen MR) is 99.3 cm³/mol. The molecule has 5 heteroatoms. The molecule has 0 radical (unpaired) electrons. The fraction of sp³-hybridized carbons (Fsp3) is 0.238. The average molecular weight is 378 g/mol. The SMILES string of the molecule is CCc1cc(Cc2ccc(SC)c(C(F)(F)F)c2)c2cc(F)ccc2c1. The summed E-state index contributed by atoms with van der Waals surface area (Å²) >= 11 is 1.08. The molecule has 0 aliphatic rings. The molecular weight excluding hydrogens is 360 g/mol. The lowest BCUT2D eigenvalue weighted by atomic mass is 9.94. The maximum atomic E-state index is 13.7. The number of alkyl halides is 3. The third-order valence-electron chi connectivity index (χ3n) is 4.43. The van der Waals surface area contributed by atoms with Gasteiger partial charge in [-0.2, -0.15) is 13.2 Å². The van der Waals surface area contributed by atoms with Gasteiger partial charge >= 0.3 is 6.18 Å². The van der Waals surface area contributed by atoms with E-state index in [2.05, 4.69) is 0 Å². The Morgan fingerprint density at radius 2 is 1.69 bits per heavy atom. The van der Waals surface area contributed by atoms with Gasteiger partial charge in [0.15, 0.2) is 0 Å². The number of aryl methyl sites for hydroxylation is 1. The fourth-order valence-electron chi connectivity index (χ4n) is 3.13. The Morgan fingerprint density at radius 3 is 2.35 bits per heavy atom. The molecule has 26 heavy (non-hydrogen) atoms. The van der Waals surface area contributed by atoms with E-state index >= 15 is 0 Å². The number of hydrogen-bond acceptors (Lipinski definition) is 1. The molecule has 0 saturated carbocycles. The molecule has 0 bridgehead atoms. The molecule has 0 nitrogen and oxygen atoms in total. The molecule has 0 aliphatic carbocycles. The molecule has 0 aliphatic heterocycles. The molecular formula is C21H18F4S. The maximum Gasteiger partial charge on any atom is 0.417 e. The lowest BCUT2D eigenvalue weighted by Gasteiger charge is -2.14. The van der Waals surface area contributed by atoms with Crippen LogP contribution in [0.4, 0.5) is 17.6 Å². The maximum absolute atomic E-state index is 13.7. The molecule has 0 fully saturated rings. The molecule has 0 saturated heterocycles. The van der Waals surface area contributed by atoms with Crippen LogP contribution in [0.15, 0.2) is 53.4 Å². The van der Waals surface area contributed by atoms with Gasteiger partial charge in [0.05, 0.1) is 5.56 Å². The third-order valence-corrected chi connectivity index (χ3v) is 5.23. The largest absolute Gasteiger partial charge is 0.417 e. The van der Waals surface area contributed by atoms with Gasteiger partial charge in [0.2, 0.25) is 0 Å². The first-order valence-corrected chi connectivity index (χ1v) is 9.49. The first-order valence-electron chi connectivity index (χ1n) is 8.27. The van der Waals surface area contributed by atoms with Gasteiger partial charge in [0.1, 0.15) is 5.82 Å². The minimum Gasteiger partial charge on any atom is -0.207 e. The summed E-state index contributed by atoms with van der Waals surface area (Å²) in [6, 6.07) is 12.9. The molecule has 0 aromatic heterocycles. The van der Waals surface area contributed by atoms with Gasteiger partial charge in [0, 0.05) is 4.90 Å². The summed E-state index contributed by atoms with van der Waals surface area (Å²) in [5.74, 6) is -0.350. The van der Waals surface area contributed by atoms with E-state index in [1.54, 1.807) is 18.4 Å². The predicted octanol–water partition coefficient (Wildman–Crippen LogP) is 6.87. The highest BCUT2D eigenvalue weighted by molar-refractivity contribution is 7.98. The summed E-state index contributed by atoms with van der Waals surface area (Å²) in [5.41, 5.74) is 1.86. The van der Waals surface area contributed by atoms with Gasteiger partial charge in [-0.05, 0) is 70.8 Å². The van der Waals surface area contributed by atoms with Crippen LogP contribution in [0.3, 0.4) is 0 Å². The molecule has 0 spiro atoms. The number of thioether (sulfide) groups is 1. The molecule has 3 rings (SSSR count). The summed E-state index contributed by atoms with van der Waals surface area (Å²) in [6.45, 7) is 2.02. The lowest BCUT2D eigenvalue weighted by Crippen LogP contribution is -2.08. The lowest BCUT2D eigenvalue weighted by molar-refractivity contribution is -0.139. The second-order valence-electron chi connectivity index (χ2n) is 6.18. The van der Waals surface area contributed by atoms with Crippen LogP contribution >= 0.6 is 11.8 Å². The van der Waals surface area contributed by atoms with E-state index in [1.165, 1.54) is 24.3 Å². The van der Waals surface area contributed by atoms with Gasteiger partial charge in [-0.1, -0.05) is 31.2 Å². The summed E-state index contributed by atoms with van der Waals surface area (Å²) < 4.78 is 53.7. The second kappa shape index (κ2) is 7.31. The van der Waals surface area contributed by atoms with Crippen LogP contribution in [0, 0.1) is 5.82 Å². The molecule has 3 aromatic rings. The van der Waals surface area contributed by atoms with Crippen molar-refractivity contribution in [1.82, 2.24) is 0 Å². The minimum absolute atomic E-state index is 0.208. The van der Waals surface area contributed by atoms with E-state index in [1.807, 2.05) is 19.1 Å². The van der Waals surface area contributed by atoms with Crippen molar-refractivity contribution < 1.29 is 17.6 Å². The molecule has 0 amide bonds. The van der Waals surface area contributed by atoms with Gasteiger partial charge in [0.25, 0.3) is 0 Å². The van der Waals surface area contributed by atoms with E-state index in [0.717, 1.165) is 40.1 Å². The van der Waals surface area contributed by atoms with Crippen molar-refractivity contribution >= 4 is 22.5 Å². The molecule has 0 heterocycles. The third kappa shape index (κ3) is 3.88. The van der Waals surface area contributed by atoms with Crippen LogP contribution in [0.1, 0.15) is 29.2 Å². The van der Waals surface area contributed by atoms with Crippen molar-refractivity contribution in [2.45, 2.75) is 30.8 Å². The normalized spacial score (nSPS) is 11.9. The Morgan fingerprint density at radius 1 is 0.923 bits per heavy atom. The molecule has 0 atom stereocenters. The van der Waals surface area contributed by atoms with Crippen molar-refractivity contribution in [3.63, 3.8) is 0 Å². The highest BCUT2D eigenvalue weighted by atomic mass is 32.2. The fourth-order valence-corrected chi connectivity index (χ4v) is 3.73. The van der Waals surface area contributed by atoms with E-state index in [0.29, 0.717) is 12.0 Å². The van der Waals surface area contributed by atoms with Crippen LogP contribution in [0.25, 0.3) is 10.8 Å². The summed E-state index contributed by atoms with van der Waals surface area (Å²) in [5, 5.41) is 1.64. The van der Waals surface area contributed by atoms with Gasteiger partial charge in [-0.3, -0.25) is 0 Å². The van der Waals surface area contributed by atoms with E-state index in [-0.39, 0.29) is 10.7 Å².